The highest BCUT2D eigenvalue weighted by Gasteiger charge is 2.36. The first-order valence-corrected chi connectivity index (χ1v) is 14.0. The average Bonchev–Trinajstić information content (AvgIpc) is 3.49. The lowest BCUT2D eigenvalue weighted by molar-refractivity contribution is -0.143. The van der Waals surface area contributed by atoms with Crippen LogP contribution in [0.15, 0.2) is 29.7 Å². The van der Waals surface area contributed by atoms with Gasteiger partial charge >= 0.3 is 0 Å². The number of amides is 2. The molecule has 3 aliphatic rings. The first-order chi connectivity index (χ1) is 16.3. The van der Waals surface area contributed by atoms with Crippen LogP contribution >= 0.6 is 11.6 Å². The second-order valence-electron chi connectivity index (χ2n) is 9.36. The van der Waals surface area contributed by atoms with E-state index < -0.39 is 16.1 Å². The first-order valence-electron chi connectivity index (χ1n) is 12.1. The van der Waals surface area contributed by atoms with E-state index in [2.05, 4.69) is 9.62 Å². The Labute approximate surface area is 207 Å². The minimum atomic E-state index is -3.82. The third kappa shape index (κ3) is 6.59. The van der Waals surface area contributed by atoms with Gasteiger partial charge in [0.25, 0.3) is 0 Å². The van der Waals surface area contributed by atoms with Crippen LogP contribution in [0.4, 0.5) is 0 Å². The van der Waals surface area contributed by atoms with Crippen LogP contribution in [0, 0.1) is 0 Å². The van der Waals surface area contributed by atoms with Crippen LogP contribution < -0.4 is 4.72 Å². The van der Waals surface area contributed by atoms with E-state index in [-0.39, 0.29) is 24.4 Å². The Bertz CT molecular complexity index is 1010. The fourth-order valence-corrected chi connectivity index (χ4v) is 6.21. The fourth-order valence-electron chi connectivity index (χ4n) is 5.06. The van der Waals surface area contributed by atoms with Crippen molar-refractivity contribution in [1.82, 2.24) is 19.4 Å². The number of carbonyl (C=O) groups is 2. The molecule has 0 unspecified atom stereocenters. The number of hydrogen-bond donors (Lipinski definition) is 1. The van der Waals surface area contributed by atoms with Crippen LogP contribution in [0.5, 0.6) is 0 Å². The Morgan fingerprint density at radius 3 is 2.47 bits per heavy atom. The quantitative estimate of drug-likeness (QED) is 0.582. The molecule has 0 bridgehead atoms. The van der Waals surface area contributed by atoms with Crippen molar-refractivity contribution in [2.75, 3.05) is 39.3 Å². The fraction of sp³-hybridized carbons (Fsp3) is 0.583. The molecular formula is C24H33ClN4O4S. The summed E-state index contributed by atoms with van der Waals surface area (Å²) >= 11 is 5.86. The summed E-state index contributed by atoms with van der Waals surface area (Å²) < 4.78 is 27.6. The number of halogens is 1. The Morgan fingerprint density at radius 2 is 1.74 bits per heavy atom. The maximum Gasteiger partial charge on any atom is 0.242 e. The number of rotatable bonds is 8. The standard InChI is InChI=1S/C24H33ClN4O4S/c25-20-9-7-19(8-10-20)11-16-34(32,33)26-22-6-4-14-28(24(22)31)18-23(30)29-15-3-5-21(29)17-27-12-1-2-13-27/h7-11,16,21-22,26H,1-6,12-15,17-18H2/b16-11+/t21-,22-/m0/s1. The molecule has 0 aromatic heterocycles. The summed E-state index contributed by atoms with van der Waals surface area (Å²) in [5.74, 6) is -0.375. The molecule has 1 aromatic rings. The Morgan fingerprint density at radius 1 is 1.03 bits per heavy atom. The van der Waals surface area contributed by atoms with E-state index in [1.165, 1.54) is 23.8 Å². The largest absolute Gasteiger partial charge is 0.337 e. The van der Waals surface area contributed by atoms with Gasteiger partial charge < -0.3 is 14.7 Å². The Balaban J connectivity index is 1.33. The van der Waals surface area contributed by atoms with Gasteiger partial charge in [0.1, 0.15) is 6.04 Å². The maximum absolute atomic E-state index is 13.1. The van der Waals surface area contributed by atoms with Crippen LogP contribution in [-0.2, 0) is 19.6 Å². The molecule has 1 aromatic carbocycles. The van der Waals surface area contributed by atoms with Gasteiger partial charge in [-0.25, -0.2) is 8.42 Å². The minimum Gasteiger partial charge on any atom is -0.337 e. The van der Waals surface area contributed by atoms with Gasteiger partial charge in [-0.1, -0.05) is 23.7 Å². The number of nitrogens with zero attached hydrogens (tertiary/aromatic N) is 3. The number of hydrogen-bond acceptors (Lipinski definition) is 5. The van der Waals surface area contributed by atoms with E-state index in [0.717, 1.165) is 44.4 Å². The summed E-state index contributed by atoms with van der Waals surface area (Å²) in [4.78, 5) is 31.9. The van der Waals surface area contributed by atoms with Crippen molar-refractivity contribution in [3.05, 3.63) is 40.3 Å². The van der Waals surface area contributed by atoms with E-state index in [1.54, 1.807) is 24.3 Å². The van der Waals surface area contributed by atoms with Gasteiger partial charge in [-0.05, 0) is 75.4 Å². The number of sulfonamides is 1. The molecule has 34 heavy (non-hydrogen) atoms. The summed E-state index contributed by atoms with van der Waals surface area (Å²) in [6.07, 6.45) is 6.94. The second kappa shape index (κ2) is 11.2. The molecule has 2 atom stereocenters. The zero-order valence-electron chi connectivity index (χ0n) is 19.4. The van der Waals surface area contributed by atoms with Crippen molar-refractivity contribution in [3.63, 3.8) is 0 Å². The average molecular weight is 509 g/mol. The molecule has 3 heterocycles. The first kappa shape index (κ1) is 25.2. The van der Waals surface area contributed by atoms with Crippen molar-refractivity contribution < 1.29 is 18.0 Å². The summed E-state index contributed by atoms with van der Waals surface area (Å²) in [5.41, 5.74) is 0.686. The van der Waals surface area contributed by atoms with Crippen molar-refractivity contribution in [2.24, 2.45) is 0 Å². The van der Waals surface area contributed by atoms with Crippen LogP contribution in [0.25, 0.3) is 6.08 Å². The zero-order valence-corrected chi connectivity index (χ0v) is 20.9. The highest BCUT2D eigenvalue weighted by atomic mass is 35.5. The highest BCUT2D eigenvalue weighted by molar-refractivity contribution is 7.92. The third-order valence-electron chi connectivity index (χ3n) is 6.84. The minimum absolute atomic E-state index is 0.00811. The van der Waals surface area contributed by atoms with Gasteiger partial charge in [-0.15, -0.1) is 0 Å². The van der Waals surface area contributed by atoms with Crippen LogP contribution in [0.2, 0.25) is 5.02 Å². The molecule has 3 aliphatic heterocycles. The molecule has 10 heteroatoms. The SMILES string of the molecule is O=C1[C@@H](NS(=O)(=O)/C=C/c2ccc(Cl)cc2)CCCN1CC(=O)N1CCC[C@H]1CN1CCCC1. The summed E-state index contributed by atoms with van der Waals surface area (Å²) in [5, 5.41) is 1.62. The topological polar surface area (TPSA) is 90.0 Å². The molecule has 0 radical (unpaired) electrons. The third-order valence-corrected chi connectivity index (χ3v) is 8.20. The predicted molar refractivity (Wildman–Crippen MR) is 133 cm³/mol. The van der Waals surface area contributed by atoms with E-state index in [1.807, 2.05) is 4.90 Å². The van der Waals surface area contributed by atoms with Crippen LogP contribution in [0.3, 0.4) is 0 Å². The van der Waals surface area contributed by atoms with Gasteiger partial charge in [-0.3, -0.25) is 9.59 Å². The lowest BCUT2D eigenvalue weighted by atomic mass is 10.1. The number of benzene rings is 1. The molecule has 186 valence electrons. The second-order valence-corrected chi connectivity index (χ2v) is 11.4. The molecule has 0 saturated carbocycles. The van der Waals surface area contributed by atoms with Crippen molar-refractivity contribution in [3.8, 4) is 0 Å². The lowest BCUT2D eigenvalue weighted by Gasteiger charge is -2.34. The summed E-state index contributed by atoms with van der Waals surface area (Å²) in [6.45, 7) is 4.30. The molecule has 4 rings (SSSR count). The number of nitrogens with one attached hydrogen (secondary N) is 1. The Hall–Kier alpha value is -1.94. The van der Waals surface area contributed by atoms with Crippen molar-refractivity contribution >= 4 is 39.5 Å². The number of piperidine rings is 1. The molecule has 3 fully saturated rings. The molecule has 0 aliphatic carbocycles. The Kier molecular flexibility index (Phi) is 8.29. The van der Waals surface area contributed by atoms with E-state index in [0.29, 0.717) is 30.0 Å². The van der Waals surface area contributed by atoms with E-state index in [9.17, 15) is 18.0 Å². The molecule has 1 N–H and O–H groups in total. The van der Waals surface area contributed by atoms with Crippen LogP contribution in [0.1, 0.15) is 44.1 Å². The smallest absolute Gasteiger partial charge is 0.242 e. The monoisotopic (exact) mass is 508 g/mol. The molecule has 3 saturated heterocycles. The molecule has 0 spiro atoms. The molecule has 2 amide bonds. The zero-order chi connectivity index (χ0) is 24.1. The molecular weight excluding hydrogens is 476 g/mol. The number of likely N-dealkylation sites (tertiary alicyclic amines) is 3. The summed E-state index contributed by atoms with van der Waals surface area (Å²) in [6, 6.07) is 6.12. The van der Waals surface area contributed by atoms with Gasteiger partial charge in [0.2, 0.25) is 21.8 Å². The van der Waals surface area contributed by atoms with Gasteiger partial charge in [-0.2, -0.15) is 4.72 Å². The normalized spacial score (nSPS) is 24.4. The summed E-state index contributed by atoms with van der Waals surface area (Å²) in [7, 11) is -3.82. The van der Waals surface area contributed by atoms with E-state index >= 15 is 0 Å². The van der Waals surface area contributed by atoms with E-state index in [4.69, 9.17) is 11.6 Å². The van der Waals surface area contributed by atoms with Crippen molar-refractivity contribution in [2.45, 2.75) is 50.6 Å². The highest BCUT2D eigenvalue weighted by Crippen LogP contribution is 2.22. The van der Waals surface area contributed by atoms with Crippen LogP contribution in [-0.4, -0.2) is 86.3 Å². The maximum atomic E-state index is 13.1. The van der Waals surface area contributed by atoms with Gasteiger partial charge in [0.05, 0.1) is 6.54 Å². The molecule has 8 nitrogen and oxygen atoms in total. The van der Waals surface area contributed by atoms with Gasteiger partial charge in [0.15, 0.2) is 0 Å². The van der Waals surface area contributed by atoms with Crippen molar-refractivity contribution in [1.29, 1.82) is 0 Å². The predicted octanol–water partition coefficient (Wildman–Crippen LogP) is 2.31. The number of carbonyl (C=O) groups excluding carboxylic acids is 2. The lowest BCUT2D eigenvalue weighted by Crippen LogP contribution is -2.55. The van der Waals surface area contributed by atoms with Gasteiger partial charge in [0, 0.05) is 36.1 Å².